The second-order valence-electron chi connectivity index (χ2n) is 3.37. The van der Waals surface area contributed by atoms with Crippen LogP contribution in [0.3, 0.4) is 0 Å². The summed E-state index contributed by atoms with van der Waals surface area (Å²) in [5, 5.41) is 0. The normalized spacial score (nSPS) is 10.8. The summed E-state index contributed by atoms with van der Waals surface area (Å²) < 4.78 is 7.22. The molecule has 4 heteroatoms. The molecule has 0 atom stereocenters. The average Bonchev–Trinajstić information content (AvgIpc) is 2.59. The zero-order valence-corrected chi connectivity index (χ0v) is 8.64. The number of aryl methyl sites for hydroxylation is 1. The third-order valence-electron chi connectivity index (χ3n) is 1.85. The van der Waals surface area contributed by atoms with Crippen LogP contribution in [0.2, 0.25) is 0 Å². The molecular formula is C10H16N2O2. The number of carbonyl (C=O) groups excluding carboxylic acids is 1. The number of imidazole rings is 1. The molecule has 0 saturated heterocycles. The minimum absolute atomic E-state index is 0.267. The molecule has 1 rings (SSSR count). The molecule has 0 saturated carbocycles. The Morgan fingerprint density at radius 3 is 3.07 bits per heavy atom. The summed E-state index contributed by atoms with van der Waals surface area (Å²) in [5.41, 5.74) is 0. The monoisotopic (exact) mass is 196 g/mol. The number of ether oxygens (including phenoxy) is 1. The van der Waals surface area contributed by atoms with Crippen molar-refractivity contribution in [1.82, 2.24) is 9.55 Å². The first kappa shape index (κ1) is 10.9. The van der Waals surface area contributed by atoms with Crippen molar-refractivity contribution in [3.8, 4) is 0 Å². The van der Waals surface area contributed by atoms with Crippen molar-refractivity contribution >= 4 is 6.29 Å². The Kier molecular flexibility index (Phi) is 4.32. The maximum absolute atomic E-state index is 10.5. The molecule has 0 amide bonds. The molecule has 1 aromatic heterocycles. The van der Waals surface area contributed by atoms with Crippen molar-refractivity contribution in [1.29, 1.82) is 0 Å². The number of nitrogens with zero attached hydrogens (tertiary/aromatic N) is 2. The summed E-state index contributed by atoms with van der Waals surface area (Å²) in [4.78, 5) is 14.4. The fourth-order valence-electron chi connectivity index (χ4n) is 1.18. The van der Waals surface area contributed by atoms with Gasteiger partial charge in [0.2, 0.25) is 0 Å². The van der Waals surface area contributed by atoms with Crippen LogP contribution in [0, 0.1) is 0 Å². The average molecular weight is 196 g/mol. The molecule has 1 heterocycles. The molecule has 0 aliphatic carbocycles. The van der Waals surface area contributed by atoms with Crippen molar-refractivity contribution in [2.45, 2.75) is 32.9 Å². The Labute approximate surface area is 83.9 Å². The lowest BCUT2D eigenvalue weighted by Gasteiger charge is -2.07. The molecule has 0 fully saturated rings. The van der Waals surface area contributed by atoms with Crippen LogP contribution in [0.5, 0.6) is 0 Å². The van der Waals surface area contributed by atoms with Gasteiger partial charge in [0.15, 0.2) is 12.1 Å². The van der Waals surface area contributed by atoms with E-state index in [2.05, 4.69) is 4.98 Å². The van der Waals surface area contributed by atoms with Crippen LogP contribution in [0.1, 0.15) is 30.9 Å². The van der Waals surface area contributed by atoms with Crippen molar-refractivity contribution < 1.29 is 9.53 Å². The van der Waals surface area contributed by atoms with Gasteiger partial charge in [-0.05, 0) is 20.3 Å². The second kappa shape index (κ2) is 5.54. The smallest absolute Gasteiger partial charge is 0.185 e. The maximum Gasteiger partial charge on any atom is 0.185 e. The molecule has 0 N–H and O–H groups in total. The summed E-state index contributed by atoms with van der Waals surface area (Å²) in [6, 6.07) is 0. The van der Waals surface area contributed by atoms with E-state index in [4.69, 9.17) is 4.74 Å². The number of hydrogen-bond acceptors (Lipinski definition) is 3. The highest BCUT2D eigenvalue weighted by Gasteiger charge is 2.00. The number of carbonyl (C=O) groups is 1. The molecule has 0 aromatic carbocycles. The molecule has 4 nitrogen and oxygen atoms in total. The van der Waals surface area contributed by atoms with E-state index in [1.54, 1.807) is 12.4 Å². The van der Waals surface area contributed by atoms with Crippen LogP contribution in [-0.2, 0) is 11.3 Å². The quantitative estimate of drug-likeness (QED) is 0.511. The Hall–Kier alpha value is -1.16. The largest absolute Gasteiger partial charge is 0.379 e. The first-order valence-electron chi connectivity index (χ1n) is 4.82. The summed E-state index contributed by atoms with van der Waals surface area (Å²) in [7, 11) is 0. The standard InChI is InChI=1S/C10H16N2O2/c1-9(2)14-7-3-5-12-6-4-11-10(12)8-13/h4,6,8-9H,3,5,7H2,1-2H3. The SMILES string of the molecule is CC(C)OCCCn1ccnc1C=O. The van der Waals surface area contributed by atoms with Gasteiger partial charge in [0.25, 0.3) is 0 Å². The molecular weight excluding hydrogens is 180 g/mol. The third kappa shape index (κ3) is 3.30. The summed E-state index contributed by atoms with van der Waals surface area (Å²) >= 11 is 0. The molecule has 0 unspecified atom stereocenters. The van der Waals surface area contributed by atoms with Crippen LogP contribution in [0.15, 0.2) is 12.4 Å². The summed E-state index contributed by atoms with van der Waals surface area (Å²) in [6.45, 7) is 5.51. The van der Waals surface area contributed by atoms with Crippen LogP contribution >= 0.6 is 0 Å². The Bertz CT molecular complexity index is 281. The van der Waals surface area contributed by atoms with Gasteiger partial charge in [-0.2, -0.15) is 0 Å². The predicted molar refractivity (Wildman–Crippen MR) is 53.3 cm³/mol. The van der Waals surface area contributed by atoms with Gasteiger partial charge in [-0.3, -0.25) is 4.79 Å². The number of rotatable bonds is 6. The van der Waals surface area contributed by atoms with Crippen LogP contribution in [0.4, 0.5) is 0 Å². The van der Waals surface area contributed by atoms with Gasteiger partial charge in [0.05, 0.1) is 6.10 Å². The van der Waals surface area contributed by atoms with Crippen LogP contribution in [0.25, 0.3) is 0 Å². The first-order valence-corrected chi connectivity index (χ1v) is 4.82. The highest BCUT2D eigenvalue weighted by atomic mass is 16.5. The van der Waals surface area contributed by atoms with E-state index in [1.165, 1.54) is 0 Å². The molecule has 0 bridgehead atoms. The topological polar surface area (TPSA) is 44.1 Å². The zero-order chi connectivity index (χ0) is 10.4. The van der Waals surface area contributed by atoms with Crippen molar-refractivity contribution in [3.63, 3.8) is 0 Å². The summed E-state index contributed by atoms with van der Waals surface area (Å²) in [6.07, 6.45) is 5.37. The number of hydrogen-bond donors (Lipinski definition) is 0. The lowest BCUT2D eigenvalue weighted by atomic mass is 10.4. The van der Waals surface area contributed by atoms with Gasteiger partial charge >= 0.3 is 0 Å². The molecule has 0 spiro atoms. The van der Waals surface area contributed by atoms with Gasteiger partial charge in [-0.15, -0.1) is 0 Å². The molecule has 78 valence electrons. The van der Waals surface area contributed by atoms with E-state index in [-0.39, 0.29) is 6.10 Å². The zero-order valence-electron chi connectivity index (χ0n) is 8.64. The fourth-order valence-corrected chi connectivity index (χ4v) is 1.18. The third-order valence-corrected chi connectivity index (χ3v) is 1.85. The minimum atomic E-state index is 0.267. The lowest BCUT2D eigenvalue weighted by Crippen LogP contribution is -2.08. The highest BCUT2D eigenvalue weighted by molar-refractivity contribution is 5.69. The maximum atomic E-state index is 10.5. The van der Waals surface area contributed by atoms with Gasteiger partial charge in [-0.25, -0.2) is 4.98 Å². The van der Waals surface area contributed by atoms with Gasteiger partial charge in [-0.1, -0.05) is 0 Å². The fraction of sp³-hybridized carbons (Fsp3) is 0.600. The highest BCUT2D eigenvalue weighted by Crippen LogP contribution is 1.98. The molecule has 0 aliphatic rings. The Morgan fingerprint density at radius 1 is 1.64 bits per heavy atom. The molecule has 0 radical (unpaired) electrons. The van der Waals surface area contributed by atoms with E-state index < -0.39 is 0 Å². The van der Waals surface area contributed by atoms with E-state index in [9.17, 15) is 4.79 Å². The Morgan fingerprint density at radius 2 is 2.43 bits per heavy atom. The number of aldehydes is 1. The van der Waals surface area contributed by atoms with Gasteiger partial charge in [0.1, 0.15) is 0 Å². The molecule has 1 aromatic rings. The molecule has 0 aliphatic heterocycles. The second-order valence-corrected chi connectivity index (χ2v) is 3.37. The summed E-state index contributed by atoms with van der Waals surface area (Å²) in [5.74, 6) is 0.481. The predicted octanol–water partition coefficient (Wildman–Crippen LogP) is 1.51. The molecule has 14 heavy (non-hydrogen) atoms. The van der Waals surface area contributed by atoms with E-state index >= 15 is 0 Å². The van der Waals surface area contributed by atoms with E-state index in [1.807, 2.05) is 18.4 Å². The van der Waals surface area contributed by atoms with Crippen LogP contribution < -0.4 is 0 Å². The van der Waals surface area contributed by atoms with Crippen molar-refractivity contribution in [2.24, 2.45) is 0 Å². The van der Waals surface area contributed by atoms with Crippen molar-refractivity contribution in [2.75, 3.05) is 6.61 Å². The first-order chi connectivity index (χ1) is 6.74. The van der Waals surface area contributed by atoms with Gasteiger partial charge in [0, 0.05) is 25.5 Å². The van der Waals surface area contributed by atoms with E-state index in [0.29, 0.717) is 12.4 Å². The van der Waals surface area contributed by atoms with Gasteiger partial charge < -0.3 is 9.30 Å². The van der Waals surface area contributed by atoms with Crippen LogP contribution in [-0.4, -0.2) is 28.5 Å². The van der Waals surface area contributed by atoms with E-state index in [0.717, 1.165) is 19.3 Å². The lowest BCUT2D eigenvalue weighted by molar-refractivity contribution is 0.0746. The Balaban J connectivity index is 2.27. The minimum Gasteiger partial charge on any atom is -0.379 e. The number of aromatic nitrogens is 2. The van der Waals surface area contributed by atoms with Crippen molar-refractivity contribution in [3.05, 3.63) is 18.2 Å².